The second-order valence-electron chi connectivity index (χ2n) is 4.23. The molecule has 0 spiro atoms. The molecule has 112 valence electrons. The van der Waals surface area contributed by atoms with E-state index in [9.17, 15) is 9.59 Å². The van der Waals surface area contributed by atoms with Crippen LogP contribution in [0, 0.1) is 0 Å². The van der Waals surface area contributed by atoms with Gasteiger partial charge in [0, 0.05) is 26.0 Å². The highest BCUT2D eigenvalue weighted by Gasteiger charge is 2.17. The van der Waals surface area contributed by atoms with Crippen molar-refractivity contribution in [1.29, 1.82) is 0 Å². The van der Waals surface area contributed by atoms with E-state index in [2.05, 4.69) is 36.8 Å². The van der Waals surface area contributed by atoms with E-state index in [1.165, 1.54) is 11.7 Å². The van der Waals surface area contributed by atoms with Crippen molar-refractivity contribution in [2.75, 3.05) is 12.4 Å². The van der Waals surface area contributed by atoms with Crippen molar-refractivity contribution in [3.8, 4) is 0 Å². The Morgan fingerprint density at radius 1 is 1.33 bits per heavy atom. The minimum absolute atomic E-state index is 0.0517. The third-order valence-corrected chi connectivity index (χ3v) is 3.12. The predicted molar refractivity (Wildman–Crippen MR) is 79.8 cm³/mol. The van der Waals surface area contributed by atoms with Crippen LogP contribution in [-0.2, 0) is 17.9 Å². The van der Waals surface area contributed by atoms with Crippen LogP contribution in [0.5, 0.6) is 0 Å². The largest absolute Gasteiger partial charge is 0.354 e. The first-order valence-corrected chi connectivity index (χ1v) is 7.10. The maximum Gasteiger partial charge on any atom is 0.273 e. The van der Waals surface area contributed by atoms with E-state index in [-0.39, 0.29) is 24.1 Å². The van der Waals surface area contributed by atoms with Crippen LogP contribution >= 0.6 is 15.9 Å². The number of nitrogens with zero attached hydrogens (tertiary/aromatic N) is 4. The van der Waals surface area contributed by atoms with Gasteiger partial charge in [-0.25, -0.2) is 0 Å². The molecule has 0 aliphatic carbocycles. The molecule has 2 rings (SSSR count). The normalized spacial score (nSPS) is 10.4. The van der Waals surface area contributed by atoms with E-state index in [1.807, 2.05) is 6.92 Å². The van der Waals surface area contributed by atoms with E-state index >= 15 is 0 Å². The highest BCUT2D eigenvalue weighted by Crippen LogP contribution is 2.14. The van der Waals surface area contributed by atoms with Crippen molar-refractivity contribution in [2.45, 2.75) is 20.0 Å². The van der Waals surface area contributed by atoms with Crippen LogP contribution in [0.15, 0.2) is 23.1 Å². The lowest BCUT2D eigenvalue weighted by Crippen LogP contribution is -2.23. The molecule has 21 heavy (non-hydrogen) atoms. The number of aryl methyl sites for hydroxylation is 1. The highest BCUT2D eigenvalue weighted by molar-refractivity contribution is 9.10. The molecule has 0 saturated heterocycles. The molecule has 0 fully saturated rings. The number of hydrogen-bond acceptors (Lipinski definition) is 4. The standard InChI is InChI=1S/C12H15BrN6O2/c1-3-18-6-9(11(17-18)12(21)14-2)16-10(20)7-19-5-8(13)4-15-19/h4-6H,3,7H2,1-2H3,(H,14,21)(H,16,20). The second kappa shape index (κ2) is 6.53. The van der Waals surface area contributed by atoms with Gasteiger partial charge >= 0.3 is 0 Å². The molecule has 2 aromatic heterocycles. The predicted octanol–water partition coefficient (Wildman–Crippen LogP) is 0.860. The maximum absolute atomic E-state index is 12.0. The lowest BCUT2D eigenvalue weighted by Gasteiger charge is -2.04. The Hall–Kier alpha value is -2.16. The quantitative estimate of drug-likeness (QED) is 0.832. The van der Waals surface area contributed by atoms with Gasteiger partial charge in [-0.1, -0.05) is 0 Å². The van der Waals surface area contributed by atoms with Crippen molar-refractivity contribution in [3.05, 3.63) is 28.8 Å². The molecular formula is C12H15BrN6O2. The van der Waals surface area contributed by atoms with Crippen LogP contribution in [0.4, 0.5) is 5.69 Å². The first kappa shape index (κ1) is 15.2. The molecule has 9 heteroatoms. The van der Waals surface area contributed by atoms with E-state index in [0.29, 0.717) is 12.2 Å². The van der Waals surface area contributed by atoms with Crippen LogP contribution in [0.2, 0.25) is 0 Å². The zero-order valence-corrected chi connectivity index (χ0v) is 13.2. The molecule has 2 aromatic rings. The van der Waals surface area contributed by atoms with Crippen LogP contribution in [-0.4, -0.2) is 38.4 Å². The summed E-state index contributed by atoms with van der Waals surface area (Å²) in [6.07, 6.45) is 4.91. The Balaban J connectivity index is 2.12. The maximum atomic E-state index is 12.0. The average Bonchev–Trinajstić information content (AvgIpc) is 3.04. The van der Waals surface area contributed by atoms with Gasteiger partial charge in [0.15, 0.2) is 5.69 Å². The van der Waals surface area contributed by atoms with Gasteiger partial charge in [0.1, 0.15) is 6.54 Å². The summed E-state index contributed by atoms with van der Waals surface area (Å²) in [7, 11) is 1.51. The fraction of sp³-hybridized carbons (Fsp3) is 0.333. The molecule has 2 N–H and O–H groups in total. The number of anilines is 1. The molecule has 0 aliphatic heterocycles. The fourth-order valence-corrected chi connectivity index (χ4v) is 2.05. The molecule has 0 radical (unpaired) electrons. The lowest BCUT2D eigenvalue weighted by molar-refractivity contribution is -0.116. The number of rotatable bonds is 5. The first-order valence-electron chi connectivity index (χ1n) is 6.30. The van der Waals surface area contributed by atoms with Gasteiger partial charge in [-0.2, -0.15) is 10.2 Å². The van der Waals surface area contributed by atoms with Crippen molar-refractivity contribution >= 4 is 33.4 Å². The summed E-state index contributed by atoms with van der Waals surface area (Å²) < 4.78 is 3.87. The minimum atomic E-state index is -0.348. The Morgan fingerprint density at radius 2 is 2.10 bits per heavy atom. The summed E-state index contributed by atoms with van der Waals surface area (Å²) in [4.78, 5) is 23.7. The van der Waals surface area contributed by atoms with E-state index in [0.717, 1.165) is 4.47 Å². The Bertz CT molecular complexity index is 663. The third kappa shape index (κ3) is 3.69. The number of aromatic nitrogens is 4. The second-order valence-corrected chi connectivity index (χ2v) is 5.15. The van der Waals surface area contributed by atoms with Gasteiger partial charge in [0.2, 0.25) is 5.91 Å². The molecule has 2 heterocycles. The molecule has 0 atom stereocenters. The third-order valence-electron chi connectivity index (χ3n) is 2.71. The zero-order chi connectivity index (χ0) is 15.4. The van der Waals surface area contributed by atoms with Gasteiger partial charge in [0.25, 0.3) is 5.91 Å². The molecular weight excluding hydrogens is 340 g/mol. The number of halogens is 1. The number of amides is 2. The number of carbonyl (C=O) groups excluding carboxylic acids is 2. The Labute approximate surface area is 129 Å². The average molecular weight is 355 g/mol. The SMILES string of the molecule is CCn1cc(NC(=O)Cn2cc(Br)cn2)c(C(=O)NC)n1. The number of nitrogens with one attached hydrogen (secondary N) is 2. The van der Waals surface area contributed by atoms with Gasteiger partial charge in [-0.05, 0) is 22.9 Å². The first-order chi connectivity index (χ1) is 10.0. The van der Waals surface area contributed by atoms with Crippen LogP contribution in [0.3, 0.4) is 0 Å². The Morgan fingerprint density at radius 3 is 2.67 bits per heavy atom. The van der Waals surface area contributed by atoms with Crippen molar-refractivity contribution in [2.24, 2.45) is 0 Å². The fourth-order valence-electron chi connectivity index (χ4n) is 1.72. The summed E-state index contributed by atoms with van der Waals surface area (Å²) in [5.41, 5.74) is 0.571. The smallest absolute Gasteiger partial charge is 0.273 e. The topological polar surface area (TPSA) is 93.8 Å². The minimum Gasteiger partial charge on any atom is -0.354 e. The summed E-state index contributed by atoms with van der Waals surface area (Å²) in [6.45, 7) is 2.55. The molecule has 2 amide bonds. The molecule has 0 aromatic carbocycles. The number of carbonyl (C=O) groups is 2. The highest BCUT2D eigenvalue weighted by atomic mass is 79.9. The molecule has 0 unspecified atom stereocenters. The number of hydrogen-bond donors (Lipinski definition) is 2. The monoisotopic (exact) mass is 354 g/mol. The summed E-state index contributed by atoms with van der Waals surface area (Å²) in [5, 5.41) is 13.3. The van der Waals surface area contributed by atoms with Gasteiger partial charge in [-0.15, -0.1) is 0 Å². The zero-order valence-electron chi connectivity index (χ0n) is 11.6. The summed E-state index contributed by atoms with van der Waals surface area (Å²) in [5.74, 6) is -0.634. The van der Waals surface area contributed by atoms with Gasteiger partial charge in [0.05, 0.1) is 16.4 Å². The van der Waals surface area contributed by atoms with Crippen molar-refractivity contribution in [1.82, 2.24) is 24.9 Å². The van der Waals surface area contributed by atoms with E-state index in [1.54, 1.807) is 23.3 Å². The summed E-state index contributed by atoms with van der Waals surface area (Å²) in [6, 6.07) is 0. The van der Waals surface area contributed by atoms with Crippen molar-refractivity contribution in [3.63, 3.8) is 0 Å². The lowest BCUT2D eigenvalue weighted by atomic mass is 10.3. The molecule has 8 nitrogen and oxygen atoms in total. The van der Waals surface area contributed by atoms with E-state index in [4.69, 9.17) is 0 Å². The van der Waals surface area contributed by atoms with E-state index < -0.39 is 0 Å². The summed E-state index contributed by atoms with van der Waals surface area (Å²) >= 11 is 3.26. The van der Waals surface area contributed by atoms with Gasteiger partial charge < -0.3 is 10.6 Å². The molecule has 0 bridgehead atoms. The van der Waals surface area contributed by atoms with Crippen molar-refractivity contribution < 1.29 is 9.59 Å². The van der Waals surface area contributed by atoms with Gasteiger partial charge in [-0.3, -0.25) is 19.0 Å². The van der Waals surface area contributed by atoms with Crippen LogP contribution < -0.4 is 10.6 Å². The molecule has 0 saturated carbocycles. The Kier molecular flexibility index (Phi) is 4.73. The van der Waals surface area contributed by atoms with Crippen LogP contribution in [0.25, 0.3) is 0 Å². The molecule has 0 aliphatic rings. The van der Waals surface area contributed by atoms with Crippen LogP contribution in [0.1, 0.15) is 17.4 Å².